The maximum absolute atomic E-state index is 11.3. The maximum Gasteiger partial charge on any atom is 0.223 e. The number of nitrogens with zero attached hydrogens (tertiary/aromatic N) is 1. The van der Waals surface area contributed by atoms with Gasteiger partial charge in [0.15, 0.2) is 0 Å². The van der Waals surface area contributed by atoms with Crippen LogP contribution in [0.4, 0.5) is 0 Å². The van der Waals surface area contributed by atoms with E-state index >= 15 is 0 Å². The highest BCUT2D eigenvalue weighted by molar-refractivity contribution is 7.10. The summed E-state index contributed by atoms with van der Waals surface area (Å²) >= 11 is 1.74. The fourth-order valence-electron chi connectivity index (χ4n) is 1.26. The number of carbonyl (C=O) groups is 1. The van der Waals surface area contributed by atoms with Crippen LogP contribution >= 0.6 is 11.3 Å². The third-order valence-electron chi connectivity index (χ3n) is 2.26. The Hall–Kier alpha value is -0.870. The molecule has 84 valence electrons. The summed E-state index contributed by atoms with van der Waals surface area (Å²) in [6.07, 6.45) is 0.558. The predicted molar refractivity (Wildman–Crippen MR) is 64.0 cm³/mol. The van der Waals surface area contributed by atoms with Crippen LogP contribution in [0, 0.1) is 0 Å². The van der Waals surface area contributed by atoms with Crippen LogP contribution in [0.1, 0.15) is 24.3 Å². The van der Waals surface area contributed by atoms with Crippen LogP contribution in [0.25, 0.3) is 0 Å². The lowest BCUT2D eigenvalue weighted by Crippen LogP contribution is -2.27. The third kappa shape index (κ3) is 4.01. The van der Waals surface area contributed by atoms with Crippen molar-refractivity contribution in [1.29, 1.82) is 0 Å². The molecule has 15 heavy (non-hydrogen) atoms. The van der Waals surface area contributed by atoms with Crippen LogP contribution in [0.3, 0.4) is 0 Å². The quantitative estimate of drug-likeness (QED) is 0.831. The molecule has 1 aromatic heterocycles. The smallest absolute Gasteiger partial charge is 0.223 e. The molecule has 1 N–H and O–H groups in total. The molecule has 0 bridgehead atoms. The molecule has 1 aromatic rings. The Balaban J connectivity index is 2.24. The van der Waals surface area contributed by atoms with E-state index in [1.807, 2.05) is 6.07 Å². The van der Waals surface area contributed by atoms with Crippen molar-refractivity contribution in [2.24, 2.45) is 0 Å². The largest absolute Gasteiger partial charge is 0.349 e. The van der Waals surface area contributed by atoms with E-state index in [2.05, 4.69) is 23.7 Å². The molecule has 3 nitrogen and oxygen atoms in total. The average Bonchev–Trinajstić information content (AvgIpc) is 2.70. The Morgan fingerprint density at radius 2 is 2.33 bits per heavy atom. The van der Waals surface area contributed by atoms with Gasteiger partial charge in [-0.25, -0.2) is 0 Å². The molecule has 0 fully saturated rings. The van der Waals surface area contributed by atoms with E-state index in [1.165, 1.54) is 4.88 Å². The van der Waals surface area contributed by atoms with Gasteiger partial charge in [0, 0.05) is 38.0 Å². The van der Waals surface area contributed by atoms with Crippen molar-refractivity contribution in [1.82, 2.24) is 10.2 Å². The second-order valence-electron chi connectivity index (χ2n) is 3.73. The number of amides is 1. The molecule has 0 aromatic carbocycles. The fourth-order valence-corrected chi connectivity index (χ4v) is 2.02. The number of carbonyl (C=O) groups excluding carboxylic acids is 1. The van der Waals surface area contributed by atoms with Crippen molar-refractivity contribution >= 4 is 17.2 Å². The summed E-state index contributed by atoms with van der Waals surface area (Å²) in [5, 5.41) is 5.40. The van der Waals surface area contributed by atoms with Crippen LogP contribution in [0.15, 0.2) is 17.5 Å². The molecule has 1 rings (SSSR count). The minimum atomic E-state index is 0.167. The lowest BCUT2D eigenvalue weighted by atomic mass is 10.2. The van der Waals surface area contributed by atoms with Gasteiger partial charge in [0.1, 0.15) is 0 Å². The second kappa shape index (κ2) is 5.88. The Kier molecular flexibility index (Phi) is 4.78. The zero-order chi connectivity index (χ0) is 11.3. The molecule has 4 heteroatoms. The number of rotatable bonds is 5. The van der Waals surface area contributed by atoms with Gasteiger partial charge < -0.3 is 10.2 Å². The van der Waals surface area contributed by atoms with Crippen LogP contribution in [-0.4, -0.2) is 31.4 Å². The first-order chi connectivity index (χ1) is 7.11. The van der Waals surface area contributed by atoms with Gasteiger partial charge in [0.25, 0.3) is 0 Å². The normalized spacial score (nSPS) is 12.5. The summed E-state index contributed by atoms with van der Waals surface area (Å²) in [6.45, 7) is 2.85. The lowest BCUT2D eigenvalue weighted by Gasteiger charge is -2.13. The zero-order valence-electron chi connectivity index (χ0n) is 9.49. The zero-order valence-corrected chi connectivity index (χ0v) is 10.3. The van der Waals surface area contributed by atoms with Crippen molar-refractivity contribution in [2.45, 2.75) is 19.4 Å². The van der Waals surface area contributed by atoms with Gasteiger partial charge in [0.2, 0.25) is 5.91 Å². The number of thiophene rings is 1. The fraction of sp³-hybridized carbons (Fsp3) is 0.545. The summed E-state index contributed by atoms with van der Waals surface area (Å²) < 4.78 is 0. The highest BCUT2D eigenvalue weighted by Gasteiger charge is 2.07. The highest BCUT2D eigenvalue weighted by atomic mass is 32.1. The molecule has 0 radical (unpaired) electrons. The Morgan fingerprint density at radius 3 is 2.87 bits per heavy atom. The SMILES string of the molecule is C[C@@H](NCCC(=O)N(C)C)c1cccs1. The van der Waals surface area contributed by atoms with Gasteiger partial charge in [-0.3, -0.25) is 4.79 Å². The molecule has 0 saturated heterocycles. The van der Waals surface area contributed by atoms with Crippen molar-refractivity contribution in [3.63, 3.8) is 0 Å². The summed E-state index contributed by atoms with van der Waals surface area (Å²) in [6, 6.07) is 4.49. The molecule has 0 aliphatic heterocycles. The Labute approximate surface area is 95.1 Å². The van der Waals surface area contributed by atoms with Crippen LogP contribution in [0.5, 0.6) is 0 Å². The summed E-state index contributed by atoms with van der Waals surface area (Å²) in [4.78, 5) is 14.2. The average molecular weight is 226 g/mol. The molecule has 0 saturated carbocycles. The molecule has 0 spiro atoms. The van der Waals surface area contributed by atoms with Gasteiger partial charge in [-0.15, -0.1) is 11.3 Å². The van der Waals surface area contributed by atoms with Crippen LogP contribution in [-0.2, 0) is 4.79 Å². The maximum atomic E-state index is 11.3. The molecule has 1 atom stereocenters. The molecule has 0 aliphatic carbocycles. The van der Waals surface area contributed by atoms with E-state index in [9.17, 15) is 4.79 Å². The number of hydrogen-bond donors (Lipinski definition) is 1. The van der Waals surface area contributed by atoms with Gasteiger partial charge in [-0.2, -0.15) is 0 Å². The first kappa shape index (κ1) is 12.2. The van der Waals surface area contributed by atoms with Crippen molar-refractivity contribution < 1.29 is 4.79 Å². The molecule has 0 unspecified atom stereocenters. The van der Waals surface area contributed by atoms with E-state index < -0.39 is 0 Å². The first-order valence-corrected chi connectivity index (χ1v) is 5.96. The van der Waals surface area contributed by atoms with E-state index in [0.29, 0.717) is 12.5 Å². The first-order valence-electron chi connectivity index (χ1n) is 5.08. The van der Waals surface area contributed by atoms with Gasteiger partial charge in [-0.05, 0) is 18.4 Å². The van der Waals surface area contributed by atoms with Gasteiger partial charge >= 0.3 is 0 Å². The van der Waals surface area contributed by atoms with Gasteiger partial charge in [-0.1, -0.05) is 6.07 Å². The second-order valence-corrected chi connectivity index (χ2v) is 4.71. The summed E-state index contributed by atoms with van der Waals surface area (Å²) in [5.74, 6) is 0.167. The standard InChI is InChI=1S/C11H18N2OS/c1-9(10-5-4-8-15-10)12-7-6-11(14)13(2)3/h4-5,8-9,12H,6-7H2,1-3H3/t9-/m1/s1. The van der Waals surface area contributed by atoms with Crippen molar-refractivity contribution in [2.75, 3.05) is 20.6 Å². The lowest BCUT2D eigenvalue weighted by molar-refractivity contribution is -0.128. The summed E-state index contributed by atoms with van der Waals surface area (Å²) in [5.41, 5.74) is 0. The Bertz CT molecular complexity index is 296. The molecular formula is C11H18N2OS. The van der Waals surface area contributed by atoms with Crippen molar-refractivity contribution in [3.05, 3.63) is 22.4 Å². The monoisotopic (exact) mass is 226 g/mol. The third-order valence-corrected chi connectivity index (χ3v) is 3.31. The van der Waals surface area contributed by atoms with E-state index in [1.54, 1.807) is 30.3 Å². The summed E-state index contributed by atoms with van der Waals surface area (Å²) in [7, 11) is 3.57. The molecule has 1 amide bonds. The highest BCUT2D eigenvalue weighted by Crippen LogP contribution is 2.17. The van der Waals surface area contributed by atoms with E-state index in [-0.39, 0.29) is 5.91 Å². The predicted octanol–water partition coefficient (Wildman–Crippen LogP) is 1.88. The molecule has 0 aliphatic rings. The number of nitrogens with one attached hydrogen (secondary N) is 1. The van der Waals surface area contributed by atoms with Gasteiger partial charge in [0.05, 0.1) is 0 Å². The van der Waals surface area contributed by atoms with Crippen molar-refractivity contribution in [3.8, 4) is 0 Å². The van der Waals surface area contributed by atoms with Crippen LogP contribution in [0.2, 0.25) is 0 Å². The topological polar surface area (TPSA) is 32.3 Å². The molecule has 1 heterocycles. The number of hydrogen-bond acceptors (Lipinski definition) is 3. The van der Waals surface area contributed by atoms with E-state index in [0.717, 1.165) is 6.54 Å². The molecular weight excluding hydrogens is 208 g/mol. The van der Waals surface area contributed by atoms with Crippen LogP contribution < -0.4 is 5.32 Å². The minimum absolute atomic E-state index is 0.167. The minimum Gasteiger partial charge on any atom is -0.349 e. The Morgan fingerprint density at radius 1 is 1.60 bits per heavy atom. The van der Waals surface area contributed by atoms with E-state index in [4.69, 9.17) is 0 Å².